The lowest BCUT2D eigenvalue weighted by Crippen LogP contribution is -2.15. The molecule has 1 heterocycles. The van der Waals surface area contributed by atoms with Crippen LogP contribution in [-0.4, -0.2) is 22.7 Å². The number of carbonyl (C=O) groups is 1. The number of hydrogen-bond donors (Lipinski definition) is 3. The molecule has 0 aliphatic heterocycles. The molecule has 0 spiro atoms. The molecule has 1 amide bonds. The van der Waals surface area contributed by atoms with E-state index in [9.17, 15) is 21.6 Å². The molecule has 3 aromatic carbocycles. The molecule has 4 rings (SSSR count). The van der Waals surface area contributed by atoms with Gasteiger partial charge >= 0.3 is 0 Å². The second-order valence-corrected chi connectivity index (χ2v) is 12.6. The van der Waals surface area contributed by atoms with E-state index in [0.717, 1.165) is 16.9 Å². The van der Waals surface area contributed by atoms with Gasteiger partial charge in [0.2, 0.25) is 0 Å². The first-order valence-corrected chi connectivity index (χ1v) is 14.6. The lowest BCUT2D eigenvalue weighted by atomic mass is 10.2. The van der Waals surface area contributed by atoms with Crippen molar-refractivity contribution in [1.29, 1.82) is 0 Å². The Bertz CT molecular complexity index is 1600. The number of nitrogens with one attached hydrogen (secondary N) is 3. The van der Waals surface area contributed by atoms with E-state index in [1.807, 2.05) is 0 Å². The minimum Gasteiger partial charge on any atom is -0.322 e. The van der Waals surface area contributed by atoms with Crippen LogP contribution in [0.3, 0.4) is 0 Å². The van der Waals surface area contributed by atoms with E-state index in [1.165, 1.54) is 60.7 Å². The van der Waals surface area contributed by atoms with Crippen LogP contribution in [0.25, 0.3) is 0 Å². The van der Waals surface area contributed by atoms with Gasteiger partial charge in [-0.2, -0.15) is 0 Å². The second kappa shape index (κ2) is 10.3. The second-order valence-electron chi connectivity index (χ2n) is 7.66. The fourth-order valence-corrected chi connectivity index (χ4v) is 6.49. The van der Waals surface area contributed by atoms with Crippen LogP contribution in [0.15, 0.2) is 93.3 Å². The molecule has 0 radical (unpaired) electrons. The zero-order chi connectivity index (χ0) is 25.9. The van der Waals surface area contributed by atoms with E-state index in [1.54, 1.807) is 30.5 Å². The number of thiophene rings is 1. The Balaban J connectivity index is 1.41. The summed E-state index contributed by atoms with van der Waals surface area (Å²) in [5.41, 5.74) is 2.10. The third kappa shape index (κ3) is 6.05. The number of carbonyl (C=O) groups excluding carboxylic acids is 1. The van der Waals surface area contributed by atoms with Crippen LogP contribution < -0.4 is 14.8 Å². The summed E-state index contributed by atoms with van der Waals surface area (Å²) < 4.78 is 55.3. The van der Waals surface area contributed by atoms with Crippen LogP contribution in [0.1, 0.15) is 15.9 Å². The van der Waals surface area contributed by atoms with Gasteiger partial charge in [-0.1, -0.05) is 23.7 Å². The van der Waals surface area contributed by atoms with Gasteiger partial charge in [0.1, 0.15) is 4.21 Å². The minimum absolute atomic E-state index is 0.0160. The monoisotopic (exact) mass is 561 g/mol. The molecule has 3 N–H and O–H groups in total. The zero-order valence-corrected chi connectivity index (χ0v) is 21.9. The maximum atomic E-state index is 12.7. The molecule has 0 saturated heterocycles. The van der Waals surface area contributed by atoms with Gasteiger partial charge < -0.3 is 5.32 Å². The molecule has 186 valence electrons. The van der Waals surface area contributed by atoms with Crippen molar-refractivity contribution in [1.82, 2.24) is 0 Å². The summed E-state index contributed by atoms with van der Waals surface area (Å²) in [6.45, 7) is 1.76. The normalized spacial score (nSPS) is 11.6. The van der Waals surface area contributed by atoms with E-state index in [-0.39, 0.29) is 9.10 Å². The van der Waals surface area contributed by atoms with Gasteiger partial charge in [-0.25, -0.2) is 16.8 Å². The summed E-state index contributed by atoms with van der Waals surface area (Å²) in [5, 5.41) is 4.76. The zero-order valence-electron chi connectivity index (χ0n) is 18.7. The van der Waals surface area contributed by atoms with Gasteiger partial charge in [-0.05, 0) is 84.6 Å². The van der Waals surface area contributed by atoms with Gasteiger partial charge in [-0.15, -0.1) is 11.3 Å². The maximum absolute atomic E-state index is 12.7. The smallest absolute Gasteiger partial charge is 0.271 e. The fourth-order valence-electron chi connectivity index (χ4n) is 3.14. The first kappa shape index (κ1) is 25.7. The highest BCUT2D eigenvalue weighted by atomic mass is 35.5. The molecule has 8 nitrogen and oxygen atoms in total. The van der Waals surface area contributed by atoms with Crippen LogP contribution in [0, 0.1) is 6.92 Å². The average molecular weight is 562 g/mol. The minimum atomic E-state index is -3.86. The molecule has 1 aromatic heterocycles. The number of rotatable bonds is 8. The fraction of sp³-hybridized carbons (Fsp3) is 0.0417. The summed E-state index contributed by atoms with van der Waals surface area (Å²) in [6, 6.07) is 19.7. The van der Waals surface area contributed by atoms with Gasteiger partial charge in [0.15, 0.2) is 0 Å². The molecule has 0 unspecified atom stereocenters. The molecule has 12 heteroatoms. The molecule has 4 aromatic rings. The van der Waals surface area contributed by atoms with Gasteiger partial charge in [0.05, 0.1) is 10.6 Å². The van der Waals surface area contributed by atoms with Gasteiger partial charge in [0, 0.05) is 22.0 Å². The number of benzene rings is 3. The molecule has 36 heavy (non-hydrogen) atoms. The van der Waals surface area contributed by atoms with E-state index >= 15 is 0 Å². The van der Waals surface area contributed by atoms with Gasteiger partial charge in [-0.3, -0.25) is 14.2 Å². The van der Waals surface area contributed by atoms with Crippen molar-refractivity contribution < 1.29 is 21.6 Å². The standard InChI is InChI=1S/C24H20ClN3O5S3/c1-16-4-7-18(25)15-22(16)28-35(30,31)21-12-10-19(11-13-21)26-24(29)17-5-8-20(9-6-17)27-36(32,33)23-3-2-14-34-23/h2-15,27-28H,1H3,(H,26,29). The summed E-state index contributed by atoms with van der Waals surface area (Å²) >= 11 is 7.07. The largest absolute Gasteiger partial charge is 0.322 e. The van der Waals surface area contributed by atoms with Crippen LogP contribution in [0.4, 0.5) is 17.1 Å². The van der Waals surface area contributed by atoms with E-state index in [2.05, 4.69) is 14.8 Å². The molecular weight excluding hydrogens is 542 g/mol. The van der Waals surface area contributed by atoms with Crippen molar-refractivity contribution in [2.45, 2.75) is 16.0 Å². The molecular formula is C24H20ClN3O5S3. The van der Waals surface area contributed by atoms with Crippen molar-refractivity contribution in [3.63, 3.8) is 0 Å². The Morgan fingerprint density at radius 2 is 1.47 bits per heavy atom. The van der Waals surface area contributed by atoms with Crippen molar-refractivity contribution in [2.75, 3.05) is 14.8 Å². The first-order chi connectivity index (χ1) is 17.0. The van der Waals surface area contributed by atoms with E-state index in [4.69, 9.17) is 11.6 Å². The Morgan fingerprint density at radius 1 is 0.806 bits per heavy atom. The van der Waals surface area contributed by atoms with E-state index < -0.39 is 26.0 Å². The number of halogens is 1. The average Bonchev–Trinajstić information content (AvgIpc) is 3.38. The first-order valence-electron chi connectivity index (χ1n) is 10.4. The summed E-state index contributed by atoms with van der Waals surface area (Å²) in [6.07, 6.45) is 0. The Hall–Kier alpha value is -3.38. The van der Waals surface area contributed by atoms with Crippen molar-refractivity contribution in [3.05, 3.63) is 100 Å². The quantitative estimate of drug-likeness (QED) is 0.260. The number of sulfonamides is 2. The third-order valence-electron chi connectivity index (χ3n) is 5.03. The lowest BCUT2D eigenvalue weighted by Gasteiger charge is -2.12. The van der Waals surface area contributed by atoms with Crippen molar-refractivity contribution >= 4 is 66.0 Å². The predicted octanol–water partition coefficient (Wildman–Crippen LogP) is 5.56. The van der Waals surface area contributed by atoms with E-state index in [0.29, 0.717) is 27.6 Å². The summed E-state index contributed by atoms with van der Waals surface area (Å²) in [7, 11) is -7.55. The van der Waals surface area contributed by atoms with Gasteiger partial charge in [0.25, 0.3) is 26.0 Å². The molecule has 0 aliphatic carbocycles. The Morgan fingerprint density at radius 3 is 2.11 bits per heavy atom. The highest BCUT2D eigenvalue weighted by molar-refractivity contribution is 7.94. The van der Waals surface area contributed by atoms with Crippen LogP contribution in [-0.2, 0) is 20.0 Å². The van der Waals surface area contributed by atoms with Crippen LogP contribution >= 0.6 is 22.9 Å². The highest BCUT2D eigenvalue weighted by Gasteiger charge is 2.17. The number of hydrogen-bond acceptors (Lipinski definition) is 6. The Labute approximate surface area is 218 Å². The maximum Gasteiger partial charge on any atom is 0.271 e. The Kier molecular flexibility index (Phi) is 7.36. The topological polar surface area (TPSA) is 121 Å². The lowest BCUT2D eigenvalue weighted by molar-refractivity contribution is 0.102. The summed E-state index contributed by atoms with van der Waals surface area (Å²) in [5.74, 6) is -0.439. The van der Waals surface area contributed by atoms with Crippen LogP contribution in [0.2, 0.25) is 5.02 Å². The SMILES string of the molecule is Cc1ccc(Cl)cc1NS(=O)(=O)c1ccc(NC(=O)c2ccc(NS(=O)(=O)c3cccs3)cc2)cc1. The molecule has 0 atom stereocenters. The van der Waals surface area contributed by atoms with Crippen LogP contribution in [0.5, 0.6) is 0 Å². The summed E-state index contributed by atoms with van der Waals surface area (Å²) in [4.78, 5) is 12.6. The molecule has 0 saturated carbocycles. The third-order valence-corrected chi connectivity index (χ3v) is 9.42. The van der Waals surface area contributed by atoms with Crippen molar-refractivity contribution in [3.8, 4) is 0 Å². The number of aryl methyl sites for hydroxylation is 1. The molecule has 0 fully saturated rings. The number of anilines is 3. The highest BCUT2D eigenvalue weighted by Crippen LogP contribution is 2.25. The molecule has 0 bridgehead atoms. The predicted molar refractivity (Wildman–Crippen MR) is 143 cm³/mol. The number of amides is 1. The van der Waals surface area contributed by atoms with Crippen molar-refractivity contribution in [2.24, 2.45) is 0 Å². The molecule has 0 aliphatic rings.